The predicted octanol–water partition coefficient (Wildman–Crippen LogP) is 5.22. The summed E-state index contributed by atoms with van der Waals surface area (Å²) in [6.45, 7) is 4.93. The molecular formula is C20H29IO3S. The average Bonchev–Trinajstić information content (AvgIpc) is 2.82. The Morgan fingerprint density at radius 1 is 1.08 bits per heavy atom. The fourth-order valence-corrected chi connectivity index (χ4v) is 8.05. The van der Waals surface area contributed by atoms with Gasteiger partial charge in [-0.15, -0.1) is 0 Å². The van der Waals surface area contributed by atoms with Crippen molar-refractivity contribution in [1.29, 1.82) is 0 Å². The minimum atomic E-state index is -3.37. The molecule has 2 fully saturated rings. The quantitative estimate of drug-likeness (QED) is 0.312. The predicted molar refractivity (Wildman–Crippen MR) is 109 cm³/mol. The summed E-state index contributed by atoms with van der Waals surface area (Å²) in [5.74, 6) is 2.32. The summed E-state index contributed by atoms with van der Waals surface area (Å²) in [5.41, 5.74) is 2.12. The van der Waals surface area contributed by atoms with Gasteiger partial charge in [-0.05, 0) is 94.3 Å². The normalized spacial score (nSPS) is 46.6. The zero-order chi connectivity index (χ0) is 18.0. The van der Waals surface area contributed by atoms with Crippen molar-refractivity contribution < 1.29 is 12.6 Å². The summed E-state index contributed by atoms with van der Waals surface area (Å²) in [6.07, 6.45) is 13.7. The Bertz CT molecular complexity index is 740. The summed E-state index contributed by atoms with van der Waals surface area (Å²) in [7, 11) is -3.37. The molecular weight excluding hydrogens is 447 g/mol. The molecule has 4 aliphatic rings. The number of hydrogen-bond donors (Lipinski definition) is 0. The van der Waals surface area contributed by atoms with Gasteiger partial charge in [0.25, 0.3) is 10.1 Å². The standard InChI is InChI=1S/C20H29IO3S/c1-19-10-8-14(24-25(3,22)23)12-13(19)4-5-15-16-6-7-18(21)20(16,2)11-9-17(15)19/h4,7,14-17H,5-6,8-12H2,1-3H3/t14-,15-,16-,17-,19-,20-/m0/s1. The van der Waals surface area contributed by atoms with E-state index in [4.69, 9.17) is 4.18 Å². The Hall–Kier alpha value is 0.120. The van der Waals surface area contributed by atoms with Gasteiger partial charge in [0.05, 0.1) is 12.4 Å². The van der Waals surface area contributed by atoms with E-state index in [1.807, 2.05) is 0 Å². The van der Waals surface area contributed by atoms with Crippen molar-refractivity contribution in [1.82, 2.24) is 0 Å². The highest BCUT2D eigenvalue weighted by atomic mass is 127. The first kappa shape index (κ1) is 18.5. The van der Waals surface area contributed by atoms with Gasteiger partial charge in [0.2, 0.25) is 0 Å². The maximum Gasteiger partial charge on any atom is 0.264 e. The molecule has 0 N–H and O–H groups in total. The van der Waals surface area contributed by atoms with E-state index in [2.05, 4.69) is 48.6 Å². The number of hydrogen-bond acceptors (Lipinski definition) is 3. The number of fused-ring (bicyclic) bond motifs is 5. The van der Waals surface area contributed by atoms with E-state index in [0.29, 0.717) is 5.41 Å². The summed E-state index contributed by atoms with van der Waals surface area (Å²) in [4.78, 5) is 0. The SMILES string of the molecule is C[C@]12CC[C@H](OS(C)(=O)=O)CC1=CC[C@@H]1[C@@H]2CC[C@]2(C)C(I)=CC[C@@H]12. The fraction of sp³-hybridized carbons (Fsp3) is 0.800. The molecule has 0 radical (unpaired) electrons. The van der Waals surface area contributed by atoms with Crippen molar-refractivity contribution in [2.45, 2.75) is 64.9 Å². The van der Waals surface area contributed by atoms with Gasteiger partial charge >= 0.3 is 0 Å². The van der Waals surface area contributed by atoms with Crippen molar-refractivity contribution in [3.8, 4) is 0 Å². The Morgan fingerprint density at radius 2 is 1.80 bits per heavy atom. The van der Waals surface area contributed by atoms with Crippen LogP contribution in [0.3, 0.4) is 0 Å². The van der Waals surface area contributed by atoms with Crippen LogP contribution in [0.15, 0.2) is 21.3 Å². The van der Waals surface area contributed by atoms with Crippen LogP contribution < -0.4 is 0 Å². The molecule has 140 valence electrons. The van der Waals surface area contributed by atoms with E-state index < -0.39 is 10.1 Å². The first-order chi connectivity index (χ1) is 11.6. The van der Waals surface area contributed by atoms with Crippen LogP contribution in [0.25, 0.3) is 0 Å². The van der Waals surface area contributed by atoms with E-state index in [1.54, 1.807) is 3.58 Å². The zero-order valence-electron chi connectivity index (χ0n) is 15.4. The summed E-state index contributed by atoms with van der Waals surface area (Å²) < 4.78 is 29.9. The van der Waals surface area contributed by atoms with Gasteiger partial charge in [0.1, 0.15) is 0 Å². The fourth-order valence-electron chi connectivity index (χ4n) is 6.47. The lowest BCUT2D eigenvalue weighted by molar-refractivity contribution is -0.0237. The van der Waals surface area contributed by atoms with Crippen molar-refractivity contribution in [3.63, 3.8) is 0 Å². The third-order valence-electron chi connectivity index (χ3n) is 7.86. The highest BCUT2D eigenvalue weighted by Gasteiger charge is 2.56. The maximum atomic E-state index is 11.5. The highest BCUT2D eigenvalue weighted by Crippen LogP contribution is 2.65. The molecule has 0 unspecified atom stereocenters. The Morgan fingerprint density at radius 3 is 2.52 bits per heavy atom. The Kier molecular flexibility index (Phi) is 4.48. The molecule has 0 aromatic carbocycles. The van der Waals surface area contributed by atoms with Crippen LogP contribution in [0.5, 0.6) is 0 Å². The van der Waals surface area contributed by atoms with Gasteiger partial charge in [0.15, 0.2) is 0 Å². The summed E-state index contributed by atoms with van der Waals surface area (Å²) in [5, 5.41) is 0. The van der Waals surface area contributed by atoms with Crippen LogP contribution in [0.2, 0.25) is 0 Å². The van der Waals surface area contributed by atoms with Gasteiger partial charge in [-0.3, -0.25) is 4.18 Å². The minimum absolute atomic E-state index is 0.158. The van der Waals surface area contributed by atoms with Crippen LogP contribution in [-0.2, 0) is 14.3 Å². The summed E-state index contributed by atoms with van der Waals surface area (Å²) in [6, 6.07) is 0. The van der Waals surface area contributed by atoms with E-state index in [1.165, 1.54) is 37.5 Å². The van der Waals surface area contributed by atoms with Crippen LogP contribution in [0.1, 0.15) is 58.8 Å². The van der Waals surface area contributed by atoms with Gasteiger partial charge in [-0.1, -0.05) is 31.6 Å². The largest absolute Gasteiger partial charge is 0.267 e. The molecule has 4 rings (SSSR count). The van der Waals surface area contributed by atoms with Crippen LogP contribution in [0.4, 0.5) is 0 Å². The first-order valence-electron chi connectivity index (χ1n) is 9.57. The lowest BCUT2D eigenvalue weighted by atomic mass is 9.48. The van der Waals surface area contributed by atoms with Gasteiger partial charge in [0, 0.05) is 5.41 Å². The Balaban J connectivity index is 1.59. The third kappa shape index (κ3) is 2.96. The van der Waals surface area contributed by atoms with Crippen LogP contribution in [0, 0.1) is 28.6 Å². The molecule has 0 saturated heterocycles. The van der Waals surface area contributed by atoms with E-state index in [9.17, 15) is 8.42 Å². The van der Waals surface area contributed by atoms with Crippen molar-refractivity contribution >= 4 is 32.7 Å². The molecule has 0 spiro atoms. The van der Waals surface area contributed by atoms with Crippen LogP contribution in [-0.4, -0.2) is 20.8 Å². The number of halogens is 1. The lowest BCUT2D eigenvalue weighted by Crippen LogP contribution is -2.49. The zero-order valence-corrected chi connectivity index (χ0v) is 18.4. The lowest BCUT2D eigenvalue weighted by Gasteiger charge is -2.57. The second kappa shape index (κ2) is 6.06. The van der Waals surface area contributed by atoms with Crippen molar-refractivity contribution in [3.05, 3.63) is 21.3 Å². The number of allylic oxidation sites excluding steroid dienone is 3. The average molecular weight is 476 g/mol. The smallest absolute Gasteiger partial charge is 0.264 e. The van der Waals surface area contributed by atoms with Crippen molar-refractivity contribution in [2.75, 3.05) is 6.26 Å². The molecule has 0 amide bonds. The summed E-state index contributed by atoms with van der Waals surface area (Å²) >= 11 is 2.57. The molecule has 0 aliphatic heterocycles. The molecule has 4 aliphatic carbocycles. The van der Waals surface area contributed by atoms with E-state index in [0.717, 1.165) is 37.0 Å². The monoisotopic (exact) mass is 476 g/mol. The van der Waals surface area contributed by atoms with Crippen LogP contribution >= 0.6 is 22.6 Å². The molecule has 3 nitrogen and oxygen atoms in total. The Labute approximate surface area is 165 Å². The molecule has 0 aromatic rings. The second-order valence-corrected chi connectivity index (χ2v) is 11.9. The van der Waals surface area contributed by atoms with Gasteiger partial charge in [-0.2, -0.15) is 8.42 Å². The molecule has 0 bridgehead atoms. The minimum Gasteiger partial charge on any atom is -0.267 e. The topological polar surface area (TPSA) is 43.4 Å². The van der Waals surface area contributed by atoms with E-state index in [-0.39, 0.29) is 11.5 Å². The highest BCUT2D eigenvalue weighted by molar-refractivity contribution is 14.1. The third-order valence-corrected chi connectivity index (χ3v) is 10.2. The first-order valence-corrected chi connectivity index (χ1v) is 12.5. The van der Waals surface area contributed by atoms with Gasteiger partial charge < -0.3 is 0 Å². The molecule has 0 heterocycles. The van der Waals surface area contributed by atoms with Gasteiger partial charge in [-0.25, -0.2) is 0 Å². The maximum absolute atomic E-state index is 11.5. The molecule has 2 saturated carbocycles. The second-order valence-electron chi connectivity index (χ2n) is 9.17. The molecule has 5 heteroatoms. The van der Waals surface area contributed by atoms with E-state index >= 15 is 0 Å². The molecule has 6 atom stereocenters. The number of rotatable bonds is 2. The van der Waals surface area contributed by atoms with Crippen molar-refractivity contribution in [2.24, 2.45) is 28.6 Å². The molecule has 0 aromatic heterocycles. The molecule has 25 heavy (non-hydrogen) atoms.